The Bertz CT molecular complexity index is 1920. The van der Waals surface area contributed by atoms with Gasteiger partial charge in [-0.3, -0.25) is 19.4 Å². The topological polar surface area (TPSA) is 133 Å². The molecule has 2 saturated heterocycles. The number of nitrogens with zero attached hydrogens (tertiary/aromatic N) is 4. The Labute approximate surface area is 317 Å². The molecule has 17 heteroatoms. The largest absolute Gasteiger partial charge is 0.493 e. The molecule has 1 aromatic carbocycles. The summed E-state index contributed by atoms with van der Waals surface area (Å²) in [5.41, 5.74) is -3.89. The highest BCUT2D eigenvalue weighted by Gasteiger charge is 2.57. The molecule has 55 heavy (non-hydrogen) atoms. The molecule has 2 aliphatic heterocycles. The molecule has 2 atom stereocenters. The minimum absolute atomic E-state index is 0.00735. The number of hydrogen-bond acceptors (Lipinski definition) is 8. The van der Waals surface area contributed by atoms with Crippen LogP contribution in [0.15, 0.2) is 48.0 Å². The number of carboxylic acids is 1. The number of hydrogen-bond donors (Lipinski definition) is 1. The molecule has 10 nitrogen and oxygen atoms in total. The number of aliphatic carboxylic acids is 1. The van der Waals surface area contributed by atoms with Gasteiger partial charge in [-0.2, -0.15) is 31.6 Å². The molecule has 1 N–H and O–H groups in total. The van der Waals surface area contributed by atoms with Crippen molar-refractivity contribution in [1.29, 1.82) is 5.26 Å². The fraction of sp³-hybridized carbons (Fsp3) is 0.500. The van der Waals surface area contributed by atoms with Crippen LogP contribution < -0.4 is 9.47 Å². The van der Waals surface area contributed by atoms with E-state index in [1.165, 1.54) is 4.90 Å². The molecular weight excluding hydrogens is 754 g/mol. The minimum Gasteiger partial charge on any atom is -0.493 e. The maximum Gasteiger partial charge on any atom is 0.425 e. The average molecular weight is 795 g/mol. The van der Waals surface area contributed by atoms with Crippen molar-refractivity contribution in [1.82, 2.24) is 14.8 Å². The molecule has 0 radical (unpaired) electrons. The first-order valence-corrected chi connectivity index (χ1v) is 18.7. The SMILES string of the molecule is CCC[C@H]1N(C(=O)c2ncccc2C(F)(F)F)CCC[C@@]1(Oc1csc(C(F)(F)F)c1)C(=O)N1CCC(C#N)(c2cc(C)ccc2OCCCC(=O)O)CC1. The first-order valence-electron chi connectivity index (χ1n) is 17.8. The van der Waals surface area contributed by atoms with Crippen LogP contribution in [-0.4, -0.2) is 75.6 Å². The molecule has 2 amide bonds. The van der Waals surface area contributed by atoms with Crippen molar-refractivity contribution in [3.63, 3.8) is 0 Å². The number of halogens is 6. The summed E-state index contributed by atoms with van der Waals surface area (Å²) < 4.78 is 95.5. The Balaban J connectivity index is 1.51. The Morgan fingerprint density at radius 1 is 1.05 bits per heavy atom. The van der Waals surface area contributed by atoms with Gasteiger partial charge in [0.2, 0.25) is 5.60 Å². The van der Waals surface area contributed by atoms with Crippen molar-refractivity contribution in [2.45, 2.75) is 94.6 Å². The quantitative estimate of drug-likeness (QED) is 0.144. The van der Waals surface area contributed by atoms with Crippen LogP contribution in [0.1, 0.15) is 90.3 Å². The number of carbonyl (C=O) groups excluding carboxylic acids is 2. The summed E-state index contributed by atoms with van der Waals surface area (Å²) >= 11 is 0.358. The highest BCUT2D eigenvalue weighted by Crippen LogP contribution is 2.45. The number of thiophene rings is 1. The smallest absolute Gasteiger partial charge is 0.425 e. The fourth-order valence-corrected chi connectivity index (χ4v) is 8.10. The summed E-state index contributed by atoms with van der Waals surface area (Å²) in [6.45, 7) is 3.59. The predicted octanol–water partition coefficient (Wildman–Crippen LogP) is 8.04. The van der Waals surface area contributed by atoms with Crippen LogP contribution in [0, 0.1) is 18.3 Å². The summed E-state index contributed by atoms with van der Waals surface area (Å²) in [6.07, 6.45) is -7.83. The third kappa shape index (κ3) is 8.84. The molecule has 2 aliphatic rings. The molecule has 0 bridgehead atoms. The van der Waals surface area contributed by atoms with Crippen molar-refractivity contribution in [3.05, 3.63) is 75.2 Å². The van der Waals surface area contributed by atoms with Crippen molar-refractivity contribution >= 4 is 29.1 Å². The van der Waals surface area contributed by atoms with Crippen LogP contribution in [-0.2, 0) is 27.4 Å². The van der Waals surface area contributed by atoms with Crippen LogP contribution in [0.4, 0.5) is 26.3 Å². The summed E-state index contributed by atoms with van der Waals surface area (Å²) in [4.78, 5) is 45.4. The van der Waals surface area contributed by atoms with E-state index in [1.54, 1.807) is 25.1 Å². The van der Waals surface area contributed by atoms with E-state index in [-0.39, 0.29) is 76.9 Å². The second-order valence-corrected chi connectivity index (χ2v) is 14.7. The number of alkyl halides is 6. The molecule has 0 saturated carbocycles. The zero-order valence-electron chi connectivity index (χ0n) is 30.1. The van der Waals surface area contributed by atoms with E-state index < -0.39 is 63.3 Å². The van der Waals surface area contributed by atoms with Gasteiger partial charge in [0.25, 0.3) is 11.8 Å². The highest BCUT2D eigenvalue weighted by molar-refractivity contribution is 7.10. The van der Waals surface area contributed by atoms with Crippen LogP contribution in [0.2, 0.25) is 0 Å². The van der Waals surface area contributed by atoms with Gasteiger partial charge in [0.15, 0.2) is 0 Å². The fourth-order valence-electron chi connectivity index (χ4n) is 7.43. The number of aryl methyl sites for hydroxylation is 1. The number of carboxylic acid groups (broad SMARTS) is 1. The van der Waals surface area contributed by atoms with E-state index in [9.17, 15) is 46.0 Å². The Morgan fingerprint density at radius 3 is 2.40 bits per heavy atom. The third-order valence-corrected chi connectivity index (χ3v) is 11.0. The number of ether oxygens (including phenoxy) is 2. The van der Waals surface area contributed by atoms with E-state index in [4.69, 9.17) is 14.6 Å². The molecule has 0 spiro atoms. The van der Waals surface area contributed by atoms with Gasteiger partial charge in [-0.05, 0) is 57.2 Å². The number of benzene rings is 1. The van der Waals surface area contributed by atoms with Gasteiger partial charge < -0.3 is 24.4 Å². The zero-order valence-corrected chi connectivity index (χ0v) is 31.0. The molecule has 0 aliphatic carbocycles. The first-order chi connectivity index (χ1) is 26.0. The predicted molar refractivity (Wildman–Crippen MR) is 188 cm³/mol. The van der Waals surface area contributed by atoms with Gasteiger partial charge in [0.1, 0.15) is 22.1 Å². The van der Waals surface area contributed by atoms with Crippen LogP contribution in [0.3, 0.4) is 0 Å². The Kier molecular flexibility index (Phi) is 12.4. The molecule has 5 rings (SSSR count). The Morgan fingerprint density at radius 2 is 1.78 bits per heavy atom. The number of carbonyl (C=O) groups is 3. The summed E-state index contributed by atoms with van der Waals surface area (Å²) in [5, 5.41) is 20.7. The van der Waals surface area contributed by atoms with Gasteiger partial charge in [-0.15, -0.1) is 11.3 Å². The second-order valence-electron chi connectivity index (χ2n) is 13.8. The number of piperidine rings is 2. The highest BCUT2D eigenvalue weighted by atomic mass is 32.1. The summed E-state index contributed by atoms with van der Waals surface area (Å²) in [6, 6.07) is 9.05. The molecule has 2 fully saturated rings. The molecule has 2 aromatic heterocycles. The van der Waals surface area contributed by atoms with Gasteiger partial charge in [0.05, 0.1) is 29.7 Å². The van der Waals surface area contributed by atoms with Crippen molar-refractivity contribution in [2.24, 2.45) is 0 Å². The molecular formula is C38H40F6N4O6S. The van der Waals surface area contributed by atoms with Gasteiger partial charge in [0, 0.05) is 55.7 Å². The van der Waals surface area contributed by atoms with Crippen LogP contribution in [0.5, 0.6) is 11.5 Å². The average Bonchev–Trinajstić information content (AvgIpc) is 3.63. The molecule has 296 valence electrons. The maximum absolute atomic E-state index is 15.0. The lowest BCUT2D eigenvalue weighted by Gasteiger charge is -2.51. The van der Waals surface area contributed by atoms with E-state index in [0.717, 1.165) is 40.2 Å². The lowest BCUT2D eigenvalue weighted by atomic mass is 9.72. The molecule has 3 aromatic rings. The number of likely N-dealkylation sites (tertiary alicyclic amines) is 2. The van der Waals surface area contributed by atoms with Gasteiger partial charge >= 0.3 is 18.3 Å². The van der Waals surface area contributed by atoms with Gasteiger partial charge in [-0.25, -0.2) is 0 Å². The van der Waals surface area contributed by atoms with Crippen molar-refractivity contribution in [2.75, 3.05) is 26.2 Å². The lowest BCUT2D eigenvalue weighted by molar-refractivity contribution is -0.160. The number of amides is 2. The summed E-state index contributed by atoms with van der Waals surface area (Å²) in [7, 11) is 0. The number of nitriles is 1. The number of aromatic nitrogens is 1. The monoisotopic (exact) mass is 794 g/mol. The van der Waals surface area contributed by atoms with E-state index >= 15 is 0 Å². The van der Waals surface area contributed by atoms with Crippen LogP contribution in [0.25, 0.3) is 0 Å². The Hall–Kier alpha value is -4.85. The summed E-state index contributed by atoms with van der Waals surface area (Å²) in [5.74, 6) is -2.61. The minimum atomic E-state index is -4.93. The maximum atomic E-state index is 15.0. The van der Waals surface area contributed by atoms with E-state index in [0.29, 0.717) is 29.1 Å². The first kappa shape index (κ1) is 41.3. The van der Waals surface area contributed by atoms with E-state index in [1.807, 2.05) is 6.92 Å². The van der Waals surface area contributed by atoms with Crippen molar-refractivity contribution in [3.8, 4) is 17.6 Å². The standard InChI is InChI=1S/C38H40F6N4O6S/c1-3-7-29-36(54-25-21-30(55-22-25)38(42,43)44,12-6-16-48(29)33(51)32-26(37(39,40)41)8-4-15-46-32)34(52)47-17-13-35(23-45,14-18-47)27-20-24(2)10-11-28(27)53-19-5-9-31(49)50/h4,8,10-11,15,20-22,29H,3,5-7,9,12-14,16-19H2,1-2H3,(H,49,50)/t29-,36+/m1/s1. The normalized spacial score (nSPS) is 20.1. The lowest BCUT2D eigenvalue weighted by Crippen LogP contribution is -2.68. The number of pyridine rings is 1. The molecule has 4 heterocycles. The molecule has 0 unspecified atom stereocenters. The van der Waals surface area contributed by atoms with Gasteiger partial charge in [-0.1, -0.05) is 31.0 Å². The second kappa shape index (κ2) is 16.5. The number of rotatable bonds is 12. The van der Waals surface area contributed by atoms with Crippen LogP contribution >= 0.6 is 11.3 Å². The third-order valence-electron chi connectivity index (χ3n) is 10.1. The van der Waals surface area contributed by atoms with E-state index in [2.05, 4.69) is 11.1 Å². The van der Waals surface area contributed by atoms with Crippen molar-refractivity contribution < 1.29 is 55.3 Å². The zero-order chi connectivity index (χ0) is 40.2.